The van der Waals surface area contributed by atoms with Gasteiger partial charge in [0, 0.05) is 19.9 Å². The van der Waals surface area contributed by atoms with Crippen LogP contribution in [0.5, 0.6) is 0 Å². The van der Waals surface area contributed by atoms with E-state index in [0.717, 1.165) is 33.0 Å². The molecule has 0 aliphatic heterocycles. The fourth-order valence-electron chi connectivity index (χ4n) is 2.64. The normalized spacial score (nSPS) is 18.1. The molecule has 20 heavy (non-hydrogen) atoms. The Bertz CT molecular complexity index is 626. The number of nitrogens with zero attached hydrogens (tertiary/aromatic N) is 1. The molecule has 1 aliphatic carbocycles. The van der Waals surface area contributed by atoms with Gasteiger partial charge in [-0.05, 0) is 44.0 Å². The van der Waals surface area contributed by atoms with Crippen LogP contribution >= 0.6 is 38.9 Å². The van der Waals surface area contributed by atoms with Crippen LogP contribution in [0.25, 0.3) is 10.6 Å². The van der Waals surface area contributed by atoms with Crippen molar-refractivity contribution in [2.75, 3.05) is 6.54 Å². The lowest BCUT2D eigenvalue weighted by Gasteiger charge is -2.21. The summed E-state index contributed by atoms with van der Waals surface area (Å²) >= 11 is 11.5. The smallest absolute Gasteiger partial charge is 0.125 e. The van der Waals surface area contributed by atoms with Crippen LogP contribution < -0.4 is 5.32 Å². The van der Waals surface area contributed by atoms with Crippen LogP contribution in [0.15, 0.2) is 22.7 Å². The van der Waals surface area contributed by atoms with E-state index in [9.17, 15) is 0 Å². The fraction of sp³-hybridized carbons (Fsp3) is 0.400. The molecule has 5 heteroatoms. The van der Waals surface area contributed by atoms with Crippen LogP contribution in [0, 0.1) is 0 Å². The van der Waals surface area contributed by atoms with Gasteiger partial charge >= 0.3 is 0 Å². The second kappa shape index (κ2) is 6.14. The van der Waals surface area contributed by atoms with Crippen molar-refractivity contribution in [3.8, 4) is 10.6 Å². The standard InChI is InChI=1S/C15H16BrClN2S/c1-2-18-12-4-3-5-13-14(12)19-15(20-13)10-8-9(17)6-7-11(10)16/h6-8,12,18H,2-5H2,1H3. The number of aryl methyl sites for hydroxylation is 1. The molecule has 0 radical (unpaired) electrons. The van der Waals surface area contributed by atoms with Crippen molar-refractivity contribution in [3.05, 3.63) is 38.3 Å². The monoisotopic (exact) mass is 370 g/mol. The maximum absolute atomic E-state index is 6.12. The van der Waals surface area contributed by atoms with Crippen LogP contribution in [0.3, 0.4) is 0 Å². The highest BCUT2D eigenvalue weighted by Gasteiger charge is 2.24. The summed E-state index contributed by atoms with van der Waals surface area (Å²) in [5.41, 5.74) is 2.33. The van der Waals surface area contributed by atoms with E-state index in [4.69, 9.17) is 16.6 Å². The summed E-state index contributed by atoms with van der Waals surface area (Å²) in [7, 11) is 0. The van der Waals surface area contributed by atoms with E-state index in [1.807, 2.05) is 18.2 Å². The maximum Gasteiger partial charge on any atom is 0.125 e. The van der Waals surface area contributed by atoms with E-state index >= 15 is 0 Å². The van der Waals surface area contributed by atoms with E-state index in [1.54, 1.807) is 11.3 Å². The molecule has 0 bridgehead atoms. The lowest BCUT2D eigenvalue weighted by atomic mass is 9.98. The number of rotatable bonds is 3. The Labute approximate surface area is 136 Å². The molecule has 3 rings (SSSR count). The van der Waals surface area contributed by atoms with Crippen LogP contribution in [-0.4, -0.2) is 11.5 Å². The van der Waals surface area contributed by atoms with Crippen molar-refractivity contribution in [2.45, 2.75) is 32.2 Å². The molecular formula is C15H16BrClN2S. The molecule has 1 aromatic carbocycles. The molecule has 0 spiro atoms. The van der Waals surface area contributed by atoms with E-state index in [2.05, 4.69) is 28.2 Å². The third kappa shape index (κ3) is 2.80. The molecule has 2 nitrogen and oxygen atoms in total. The molecule has 0 saturated heterocycles. The van der Waals surface area contributed by atoms with Gasteiger partial charge < -0.3 is 5.32 Å². The number of fused-ring (bicyclic) bond motifs is 1. The first-order chi connectivity index (χ1) is 9.69. The van der Waals surface area contributed by atoms with Gasteiger partial charge in [-0.1, -0.05) is 34.5 Å². The molecule has 2 aromatic rings. The Kier molecular flexibility index (Phi) is 4.46. The summed E-state index contributed by atoms with van der Waals surface area (Å²) in [5, 5.41) is 5.35. The van der Waals surface area contributed by atoms with E-state index < -0.39 is 0 Å². The lowest BCUT2D eigenvalue weighted by Crippen LogP contribution is -2.24. The Morgan fingerprint density at radius 2 is 2.35 bits per heavy atom. The Morgan fingerprint density at radius 1 is 1.50 bits per heavy atom. The molecule has 1 heterocycles. The number of aromatic nitrogens is 1. The van der Waals surface area contributed by atoms with Gasteiger partial charge in [0.15, 0.2) is 0 Å². The van der Waals surface area contributed by atoms with Gasteiger partial charge in [-0.25, -0.2) is 4.98 Å². The van der Waals surface area contributed by atoms with Crippen molar-refractivity contribution in [3.63, 3.8) is 0 Å². The van der Waals surface area contributed by atoms with E-state index in [0.29, 0.717) is 6.04 Å². The lowest BCUT2D eigenvalue weighted by molar-refractivity contribution is 0.465. The molecule has 106 valence electrons. The first kappa shape index (κ1) is 14.5. The van der Waals surface area contributed by atoms with Gasteiger partial charge in [-0.2, -0.15) is 0 Å². The summed E-state index contributed by atoms with van der Waals surface area (Å²) < 4.78 is 1.05. The van der Waals surface area contributed by atoms with Crippen molar-refractivity contribution in [1.29, 1.82) is 0 Å². The van der Waals surface area contributed by atoms with E-state index in [1.165, 1.54) is 23.4 Å². The average molecular weight is 372 g/mol. The van der Waals surface area contributed by atoms with Gasteiger partial charge in [0.05, 0.1) is 11.7 Å². The Morgan fingerprint density at radius 3 is 3.15 bits per heavy atom. The SMILES string of the molecule is CCNC1CCCc2sc(-c3cc(Cl)ccc3Br)nc21. The van der Waals surface area contributed by atoms with Gasteiger partial charge in [0.2, 0.25) is 0 Å². The predicted molar refractivity (Wildman–Crippen MR) is 89.6 cm³/mol. The quantitative estimate of drug-likeness (QED) is 0.800. The highest BCUT2D eigenvalue weighted by molar-refractivity contribution is 9.10. The highest BCUT2D eigenvalue weighted by atomic mass is 79.9. The molecule has 0 saturated carbocycles. The van der Waals surface area contributed by atoms with Crippen molar-refractivity contribution in [2.24, 2.45) is 0 Å². The Balaban J connectivity index is 2.02. The zero-order valence-electron chi connectivity index (χ0n) is 11.2. The molecule has 0 fully saturated rings. The topological polar surface area (TPSA) is 24.9 Å². The molecule has 1 atom stereocenters. The number of nitrogens with one attached hydrogen (secondary N) is 1. The van der Waals surface area contributed by atoms with Gasteiger partial charge in [0.25, 0.3) is 0 Å². The minimum Gasteiger partial charge on any atom is -0.309 e. The molecule has 1 aromatic heterocycles. The molecule has 1 N–H and O–H groups in total. The van der Waals surface area contributed by atoms with Crippen LogP contribution in [-0.2, 0) is 6.42 Å². The number of halogens is 2. The number of hydrogen-bond donors (Lipinski definition) is 1. The largest absolute Gasteiger partial charge is 0.309 e. The van der Waals surface area contributed by atoms with Gasteiger partial charge in [-0.15, -0.1) is 11.3 Å². The molecular weight excluding hydrogens is 356 g/mol. The summed E-state index contributed by atoms with van der Waals surface area (Å²) in [6.07, 6.45) is 3.57. The van der Waals surface area contributed by atoms with E-state index in [-0.39, 0.29) is 0 Å². The van der Waals surface area contributed by atoms with Crippen molar-refractivity contribution in [1.82, 2.24) is 10.3 Å². The first-order valence-electron chi connectivity index (χ1n) is 6.87. The summed E-state index contributed by atoms with van der Waals surface area (Å²) in [4.78, 5) is 6.31. The Hall–Kier alpha value is -0.420. The number of thiazole rings is 1. The summed E-state index contributed by atoms with van der Waals surface area (Å²) in [5.74, 6) is 0. The minimum absolute atomic E-state index is 0.409. The van der Waals surface area contributed by atoms with Crippen LogP contribution in [0.4, 0.5) is 0 Å². The number of hydrogen-bond acceptors (Lipinski definition) is 3. The average Bonchev–Trinajstić information content (AvgIpc) is 2.87. The van der Waals surface area contributed by atoms with Gasteiger partial charge in [-0.3, -0.25) is 0 Å². The van der Waals surface area contributed by atoms with Crippen molar-refractivity contribution >= 4 is 38.9 Å². The second-order valence-electron chi connectivity index (χ2n) is 4.95. The highest BCUT2D eigenvalue weighted by Crippen LogP contribution is 2.39. The predicted octanol–water partition coefficient (Wildman–Crippen LogP) is 5.21. The number of benzene rings is 1. The van der Waals surface area contributed by atoms with Crippen LogP contribution in [0.1, 0.15) is 36.4 Å². The first-order valence-corrected chi connectivity index (χ1v) is 8.86. The fourth-order valence-corrected chi connectivity index (χ4v) is 4.57. The second-order valence-corrected chi connectivity index (χ2v) is 7.33. The third-order valence-corrected chi connectivity index (χ3v) is 5.65. The van der Waals surface area contributed by atoms with Crippen LogP contribution in [0.2, 0.25) is 5.02 Å². The third-order valence-electron chi connectivity index (χ3n) is 3.56. The van der Waals surface area contributed by atoms with Crippen molar-refractivity contribution < 1.29 is 0 Å². The molecule has 0 amide bonds. The summed E-state index contributed by atoms with van der Waals surface area (Å²) in [6, 6.07) is 6.27. The summed E-state index contributed by atoms with van der Waals surface area (Å²) in [6.45, 7) is 3.13. The minimum atomic E-state index is 0.409. The van der Waals surface area contributed by atoms with Gasteiger partial charge in [0.1, 0.15) is 5.01 Å². The zero-order valence-corrected chi connectivity index (χ0v) is 14.4. The molecule has 1 unspecified atom stereocenters. The maximum atomic E-state index is 6.12. The molecule has 1 aliphatic rings. The zero-order chi connectivity index (χ0) is 14.1.